The highest BCUT2D eigenvalue weighted by atomic mass is 16.4. The van der Waals surface area contributed by atoms with E-state index in [0.717, 1.165) is 5.56 Å². The molecular formula is C11H9NO2. The van der Waals surface area contributed by atoms with E-state index < -0.39 is 6.09 Å². The van der Waals surface area contributed by atoms with Crippen LogP contribution in [-0.2, 0) is 0 Å². The number of aromatic nitrogens is 1. The lowest BCUT2D eigenvalue weighted by Gasteiger charge is -2.02. The van der Waals surface area contributed by atoms with E-state index in [1.54, 1.807) is 12.1 Å². The first-order valence-electron chi connectivity index (χ1n) is 4.25. The molecule has 0 saturated carbocycles. The first-order valence-corrected chi connectivity index (χ1v) is 4.25. The molecule has 0 saturated heterocycles. The monoisotopic (exact) mass is 187 g/mol. The topological polar surface area (TPSA) is 42.2 Å². The van der Waals surface area contributed by atoms with Crippen LogP contribution in [-0.4, -0.2) is 15.8 Å². The molecule has 1 heterocycles. The molecule has 1 N–H and O–H groups in total. The van der Waals surface area contributed by atoms with E-state index in [1.165, 1.54) is 10.8 Å². The van der Waals surface area contributed by atoms with Crippen LogP contribution in [0.25, 0.3) is 11.3 Å². The smallest absolute Gasteiger partial charge is 0.415 e. The summed E-state index contributed by atoms with van der Waals surface area (Å²) in [5, 5.41) is 8.88. The van der Waals surface area contributed by atoms with Crippen LogP contribution in [0.1, 0.15) is 0 Å². The number of rotatable bonds is 1. The maximum absolute atomic E-state index is 10.8. The maximum Gasteiger partial charge on any atom is 0.415 e. The lowest BCUT2D eigenvalue weighted by atomic mass is 10.1. The first-order chi connectivity index (χ1) is 6.79. The Hall–Kier alpha value is -2.03. The third kappa shape index (κ3) is 1.40. The highest BCUT2D eigenvalue weighted by Crippen LogP contribution is 2.18. The van der Waals surface area contributed by atoms with E-state index in [0.29, 0.717) is 5.69 Å². The number of benzene rings is 1. The largest absolute Gasteiger partial charge is 0.464 e. The lowest BCUT2D eigenvalue weighted by Crippen LogP contribution is -2.07. The van der Waals surface area contributed by atoms with Crippen LogP contribution >= 0.6 is 0 Å². The molecule has 0 aliphatic carbocycles. The van der Waals surface area contributed by atoms with Crippen LogP contribution in [0, 0.1) is 0 Å². The van der Waals surface area contributed by atoms with Crippen molar-refractivity contribution in [1.29, 1.82) is 0 Å². The minimum atomic E-state index is -0.964. The fraction of sp³-hybridized carbons (Fsp3) is 0. The van der Waals surface area contributed by atoms with Gasteiger partial charge in [-0.1, -0.05) is 30.3 Å². The van der Waals surface area contributed by atoms with Gasteiger partial charge in [-0.25, -0.2) is 4.79 Å². The molecule has 1 aromatic carbocycles. The minimum Gasteiger partial charge on any atom is -0.464 e. The molecule has 0 spiro atoms. The first kappa shape index (κ1) is 8.56. The number of hydrogen-bond donors (Lipinski definition) is 1. The van der Waals surface area contributed by atoms with Crippen molar-refractivity contribution in [3.63, 3.8) is 0 Å². The summed E-state index contributed by atoms with van der Waals surface area (Å²) in [6.45, 7) is 0. The van der Waals surface area contributed by atoms with Crippen molar-refractivity contribution in [3.8, 4) is 11.3 Å². The molecule has 0 amide bonds. The molecule has 70 valence electrons. The summed E-state index contributed by atoms with van der Waals surface area (Å²) in [5.74, 6) is 0. The van der Waals surface area contributed by atoms with Crippen LogP contribution in [0.2, 0.25) is 0 Å². The van der Waals surface area contributed by atoms with Gasteiger partial charge < -0.3 is 5.11 Å². The standard InChI is InChI=1S/C11H9NO2/c13-11(14)12-8-4-7-10(12)9-5-2-1-3-6-9/h1-8H,(H,13,14). The predicted octanol–water partition coefficient (Wildman–Crippen LogP) is 2.68. The summed E-state index contributed by atoms with van der Waals surface area (Å²) >= 11 is 0. The molecule has 0 aliphatic heterocycles. The van der Waals surface area contributed by atoms with Crippen molar-refractivity contribution in [2.75, 3.05) is 0 Å². The molecular weight excluding hydrogens is 178 g/mol. The zero-order valence-electron chi connectivity index (χ0n) is 7.42. The van der Waals surface area contributed by atoms with Crippen molar-refractivity contribution in [1.82, 2.24) is 4.57 Å². The SMILES string of the molecule is O=C(O)n1cccc1-c1ccccc1. The van der Waals surface area contributed by atoms with Gasteiger partial charge in [0.15, 0.2) is 0 Å². The third-order valence-corrected chi connectivity index (χ3v) is 2.02. The van der Waals surface area contributed by atoms with Gasteiger partial charge in [-0.3, -0.25) is 4.57 Å². The van der Waals surface area contributed by atoms with Gasteiger partial charge in [0.05, 0.1) is 5.69 Å². The molecule has 1 aromatic heterocycles. The van der Waals surface area contributed by atoms with Crippen molar-refractivity contribution < 1.29 is 9.90 Å². The quantitative estimate of drug-likeness (QED) is 0.745. The molecule has 0 bridgehead atoms. The van der Waals surface area contributed by atoms with Crippen molar-refractivity contribution in [2.45, 2.75) is 0 Å². The van der Waals surface area contributed by atoms with E-state index in [1.807, 2.05) is 30.3 Å². The Bertz CT molecular complexity index is 445. The highest BCUT2D eigenvalue weighted by molar-refractivity contribution is 5.76. The Morgan fingerprint density at radius 1 is 1.07 bits per heavy atom. The van der Waals surface area contributed by atoms with Crippen molar-refractivity contribution in [2.24, 2.45) is 0 Å². The average Bonchev–Trinajstić information content (AvgIpc) is 2.67. The van der Waals surface area contributed by atoms with Crippen LogP contribution in [0.4, 0.5) is 4.79 Å². The molecule has 0 radical (unpaired) electrons. The fourth-order valence-corrected chi connectivity index (χ4v) is 1.39. The second-order valence-corrected chi connectivity index (χ2v) is 2.91. The van der Waals surface area contributed by atoms with Crippen LogP contribution < -0.4 is 0 Å². The van der Waals surface area contributed by atoms with Gasteiger partial charge in [0.2, 0.25) is 0 Å². The zero-order valence-corrected chi connectivity index (χ0v) is 7.42. The molecule has 3 heteroatoms. The van der Waals surface area contributed by atoms with Gasteiger partial charge in [-0.15, -0.1) is 0 Å². The summed E-state index contributed by atoms with van der Waals surface area (Å²) in [6.07, 6.45) is 0.568. The summed E-state index contributed by atoms with van der Waals surface area (Å²) < 4.78 is 1.20. The Morgan fingerprint density at radius 2 is 1.79 bits per heavy atom. The molecule has 3 nitrogen and oxygen atoms in total. The Balaban J connectivity index is 2.52. The van der Waals surface area contributed by atoms with E-state index in [4.69, 9.17) is 5.11 Å². The molecule has 2 rings (SSSR count). The summed E-state index contributed by atoms with van der Waals surface area (Å²) in [5.41, 5.74) is 1.60. The summed E-state index contributed by atoms with van der Waals surface area (Å²) in [4.78, 5) is 10.8. The maximum atomic E-state index is 10.8. The van der Waals surface area contributed by atoms with E-state index in [2.05, 4.69) is 0 Å². The van der Waals surface area contributed by atoms with Gasteiger partial charge in [-0.05, 0) is 17.7 Å². The molecule has 0 fully saturated rings. The Kier molecular flexibility index (Phi) is 2.07. The van der Waals surface area contributed by atoms with Crippen LogP contribution in [0.5, 0.6) is 0 Å². The Labute approximate surface area is 81.2 Å². The highest BCUT2D eigenvalue weighted by Gasteiger charge is 2.07. The number of hydrogen-bond acceptors (Lipinski definition) is 1. The lowest BCUT2D eigenvalue weighted by molar-refractivity contribution is 0.197. The molecule has 0 unspecified atom stereocenters. The van der Waals surface area contributed by atoms with Gasteiger partial charge in [-0.2, -0.15) is 0 Å². The normalized spacial score (nSPS) is 10.0. The molecule has 0 aliphatic rings. The second-order valence-electron chi connectivity index (χ2n) is 2.91. The summed E-state index contributed by atoms with van der Waals surface area (Å²) in [6, 6.07) is 12.9. The van der Waals surface area contributed by atoms with Crippen LogP contribution in [0.3, 0.4) is 0 Å². The van der Waals surface area contributed by atoms with Crippen molar-refractivity contribution >= 4 is 6.09 Å². The van der Waals surface area contributed by atoms with Gasteiger partial charge in [0.1, 0.15) is 0 Å². The van der Waals surface area contributed by atoms with E-state index in [9.17, 15) is 4.79 Å². The van der Waals surface area contributed by atoms with E-state index >= 15 is 0 Å². The minimum absolute atomic E-state index is 0.693. The molecule has 14 heavy (non-hydrogen) atoms. The zero-order chi connectivity index (χ0) is 9.97. The van der Waals surface area contributed by atoms with Gasteiger partial charge in [0, 0.05) is 6.20 Å². The average molecular weight is 187 g/mol. The number of carbonyl (C=O) groups is 1. The van der Waals surface area contributed by atoms with Crippen molar-refractivity contribution in [3.05, 3.63) is 48.7 Å². The fourth-order valence-electron chi connectivity index (χ4n) is 1.39. The number of carboxylic acid groups (broad SMARTS) is 1. The second kappa shape index (κ2) is 3.38. The van der Waals surface area contributed by atoms with Gasteiger partial charge in [0.25, 0.3) is 0 Å². The summed E-state index contributed by atoms with van der Waals surface area (Å²) in [7, 11) is 0. The Morgan fingerprint density at radius 3 is 2.43 bits per heavy atom. The van der Waals surface area contributed by atoms with Gasteiger partial charge >= 0.3 is 6.09 Å². The molecule has 2 aromatic rings. The van der Waals surface area contributed by atoms with Crippen LogP contribution in [0.15, 0.2) is 48.7 Å². The van der Waals surface area contributed by atoms with E-state index in [-0.39, 0.29) is 0 Å². The number of nitrogens with zero attached hydrogens (tertiary/aromatic N) is 1. The molecule has 0 atom stereocenters. The third-order valence-electron chi connectivity index (χ3n) is 2.02. The predicted molar refractivity (Wildman–Crippen MR) is 53.3 cm³/mol.